The third-order valence-corrected chi connectivity index (χ3v) is 6.10. The topological polar surface area (TPSA) is 57.2 Å². The number of rotatable bonds is 14. The van der Waals surface area contributed by atoms with E-state index < -0.39 is 24.6 Å². The molecule has 5 heteroatoms. The zero-order valence-corrected chi connectivity index (χ0v) is 20.1. The summed E-state index contributed by atoms with van der Waals surface area (Å²) in [5.41, 5.74) is 2.10. The lowest BCUT2D eigenvalue weighted by Crippen LogP contribution is -2.59. The van der Waals surface area contributed by atoms with Gasteiger partial charge in [-0.15, -0.1) is 0 Å². The van der Waals surface area contributed by atoms with Gasteiger partial charge in [0.05, 0.1) is 19.3 Å². The van der Waals surface area contributed by atoms with E-state index in [1.807, 2.05) is 67.6 Å². The van der Waals surface area contributed by atoms with Crippen molar-refractivity contribution in [2.24, 2.45) is 0 Å². The van der Waals surface area contributed by atoms with Gasteiger partial charge in [-0.2, -0.15) is 0 Å². The summed E-state index contributed by atoms with van der Waals surface area (Å²) in [4.78, 5) is 0. The van der Waals surface area contributed by atoms with Crippen LogP contribution in [0.3, 0.4) is 0 Å². The van der Waals surface area contributed by atoms with Gasteiger partial charge in [0.15, 0.2) is 6.29 Å². The van der Waals surface area contributed by atoms with Gasteiger partial charge in [0.1, 0.15) is 18.3 Å². The zero-order chi connectivity index (χ0) is 23.3. The van der Waals surface area contributed by atoms with Crippen molar-refractivity contribution in [1.82, 2.24) is 0 Å². The molecule has 1 aliphatic heterocycles. The van der Waals surface area contributed by atoms with E-state index in [1.54, 1.807) is 0 Å². The Labute approximate surface area is 199 Å². The standard InChI is InChI=1S/C28H40O5/c1-3-4-5-6-7-14-19-30-28-27(32-21-24-17-12-9-13-18-24)25(29)26(22(2)33-28)31-20-23-15-10-8-11-16-23/h8-13,15-18,22,25-29H,3-7,14,19-21H2,1-2H3/t22-,25+,26+,27-,28-/m0/s1. The summed E-state index contributed by atoms with van der Waals surface area (Å²) in [7, 11) is 0. The number of hydrogen-bond acceptors (Lipinski definition) is 5. The van der Waals surface area contributed by atoms with Crippen molar-refractivity contribution >= 4 is 0 Å². The molecule has 3 rings (SSSR count). The first kappa shape index (κ1) is 25.9. The van der Waals surface area contributed by atoms with Crippen molar-refractivity contribution in [3.63, 3.8) is 0 Å². The Balaban J connectivity index is 1.57. The first-order valence-electron chi connectivity index (χ1n) is 12.4. The number of hydrogen-bond donors (Lipinski definition) is 1. The van der Waals surface area contributed by atoms with Crippen LogP contribution in [0.25, 0.3) is 0 Å². The molecule has 5 atom stereocenters. The smallest absolute Gasteiger partial charge is 0.186 e. The summed E-state index contributed by atoms with van der Waals surface area (Å²) in [5, 5.41) is 11.2. The average molecular weight is 457 g/mol. The predicted octanol–water partition coefficient (Wildman–Crippen LogP) is 5.64. The van der Waals surface area contributed by atoms with Gasteiger partial charge in [-0.1, -0.05) is 99.7 Å². The maximum Gasteiger partial charge on any atom is 0.186 e. The minimum atomic E-state index is -0.851. The molecule has 182 valence electrons. The molecule has 0 saturated carbocycles. The van der Waals surface area contributed by atoms with Crippen molar-refractivity contribution in [2.45, 2.75) is 96.3 Å². The van der Waals surface area contributed by atoms with Gasteiger partial charge in [-0.3, -0.25) is 0 Å². The van der Waals surface area contributed by atoms with Crippen LogP contribution < -0.4 is 0 Å². The van der Waals surface area contributed by atoms with E-state index in [0.29, 0.717) is 19.8 Å². The molecule has 1 heterocycles. The quantitative estimate of drug-likeness (QED) is 0.373. The highest BCUT2D eigenvalue weighted by Gasteiger charge is 2.45. The summed E-state index contributed by atoms with van der Waals surface area (Å²) in [6.45, 7) is 5.53. The van der Waals surface area contributed by atoms with E-state index in [2.05, 4.69) is 6.92 Å². The molecule has 0 spiro atoms. The summed E-state index contributed by atoms with van der Waals surface area (Å²) < 4.78 is 24.5. The molecule has 33 heavy (non-hydrogen) atoms. The first-order valence-corrected chi connectivity index (χ1v) is 12.4. The molecule has 1 fully saturated rings. The molecule has 5 nitrogen and oxygen atoms in total. The van der Waals surface area contributed by atoms with Crippen molar-refractivity contribution in [3.05, 3.63) is 71.8 Å². The van der Waals surface area contributed by atoms with Crippen LogP contribution in [0.15, 0.2) is 60.7 Å². The van der Waals surface area contributed by atoms with Gasteiger partial charge in [0, 0.05) is 6.61 Å². The Kier molecular flexibility index (Phi) is 11.4. The van der Waals surface area contributed by atoms with Crippen LogP contribution in [0, 0.1) is 0 Å². The lowest BCUT2D eigenvalue weighted by atomic mass is 9.99. The molecule has 2 aromatic carbocycles. The van der Waals surface area contributed by atoms with Crippen LogP contribution in [0.2, 0.25) is 0 Å². The van der Waals surface area contributed by atoms with Crippen LogP contribution in [0.5, 0.6) is 0 Å². The molecule has 1 N–H and O–H groups in total. The number of ether oxygens (including phenoxy) is 4. The van der Waals surface area contributed by atoms with Gasteiger partial charge < -0.3 is 24.1 Å². The Hall–Kier alpha value is -1.76. The van der Waals surface area contributed by atoms with Crippen molar-refractivity contribution < 1.29 is 24.1 Å². The van der Waals surface area contributed by atoms with Crippen LogP contribution in [-0.2, 0) is 32.2 Å². The molecule has 0 radical (unpaired) electrons. The third kappa shape index (κ3) is 8.51. The molecule has 0 amide bonds. The number of unbranched alkanes of at least 4 members (excludes halogenated alkanes) is 5. The second kappa shape index (κ2) is 14.5. The van der Waals surface area contributed by atoms with E-state index in [-0.39, 0.29) is 6.10 Å². The second-order valence-corrected chi connectivity index (χ2v) is 8.86. The number of aliphatic hydroxyl groups excluding tert-OH is 1. The molecule has 0 unspecified atom stereocenters. The Morgan fingerprint density at radius 2 is 1.27 bits per heavy atom. The molecule has 0 aromatic heterocycles. The van der Waals surface area contributed by atoms with E-state index in [9.17, 15) is 5.11 Å². The molecule has 0 bridgehead atoms. The average Bonchev–Trinajstić information content (AvgIpc) is 2.84. The fraction of sp³-hybridized carbons (Fsp3) is 0.571. The fourth-order valence-corrected chi connectivity index (χ4v) is 4.15. The van der Waals surface area contributed by atoms with Gasteiger partial charge in [0.25, 0.3) is 0 Å². The second-order valence-electron chi connectivity index (χ2n) is 8.86. The fourth-order valence-electron chi connectivity index (χ4n) is 4.15. The highest BCUT2D eigenvalue weighted by Crippen LogP contribution is 2.28. The molecule has 1 saturated heterocycles. The molecular weight excluding hydrogens is 416 g/mol. The van der Waals surface area contributed by atoms with Crippen molar-refractivity contribution in [1.29, 1.82) is 0 Å². The maximum atomic E-state index is 11.2. The number of benzene rings is 2. The van der Waals surface area contributed by atoms with E-state index in [1.165, 1.54) is 25.7 Å². The largest absolute Gasteiger partial charge is 0.387 e. The Bertz CT molecular complexity index is 753. The third-order valence-electron chi connectivity index (χ3n) is 6.10. The van der Waals surface area contributed by atoms with E-state index >= 15 is 0 Å². The highest BCUT2D eigenvalue weighted by atomic mass is 16.7. The summed E-state index contributed by atoms with van der Waals surface area (Å²) >= 11 is 0. The van der Waals surface area contributed by atoms with Crippen LogP contribution in [0.4, 0.5) is 0 Å². The van der Waals surface area contributed by atoms with Gasteiger partial charge >= 0.3 is 0 Å². The van der Waals surface area contributed by atoms with Crippen LogP contribution in [0.1, 0.15) is 63.5 Å². The monoisotopic (exact) mass is 456 g/mol. The van der Waals surface area contributed by atoms with E-state index in [4.69, 9.17) is 18.9 Å². The van der Waals surface area contributed by atoms with Gasteiger partial charge in [-0.05, 0) is 24.5 Å². The van der Waals surface area contributed by atoms with Crippen molar-refractivity contribution in [3.8, 4) is 0 Å². The van der Waals surface area contributed by atoms with E-state index in [0.717, 1.165) is 24.0 Å². The maximum absolute atomic E-state index is 11.2. The van der Waals surface area contributed by atoms with Gasteiger partial charge in [0.2, 0.25) is 0 Å². The number of aliphatic hydroxyl groups is 1. The summed E-state index contributed by atoms with van der Waals surface area (Å²) in [5.74, 6) is 0. The first-order chi connectivity index (χ1) is 16.2. The zero-order valence-electron chi connectivity index (χ0n) is 20.1. The minimum Gasteiger partial charge on any atom is -0.387 e. The molecule has 0 aliphatic carbocycles. The predicted molar refractivity (Wildman–Crippen MR) is 130 cm³/mol. The van der Waals surface area contributed by atoms with Gasteiger partial charge in [-0.25, -0.2) is 0 Å². The van der Waals surface area contributed by atoms with Crippen molar-refractivity contribution in [2.75, 3.05) is 6.61 Å². The normalized spacial score (nSPS) is 25.2. The lowest BCUT2D eigenvalue weighted by Gasteiger charge is -2.43. The Morgan fingerprint density at radius 3 is 1.88 bits per heavy atom. The Morgan fingerprint density at radius 1 is 0.727 bits per heavy atom. The molecular formula is C28H40O5. The SMILES string of the molecule is CCCCCCCCO[C@H]1O[C@@H](C)[C@@H](OCc2ccccc2)[C@@H](O)[C@@H]1OCc1ccccc1. The van der Waals surface area contributed by atoms with Crippen LogP contribution in [-0.4, -0.2) is 42.4 Å². The van der Waals surface area contributed by atoms with Crippen LogP contribution >= 0.6 is 0 Å². The summed E-state index contributed by atoms with van der Waals surface area (Å²) in [6.07, 6.45) is 4.25. The lowest BCUT2D eigenvalue weighted by molar-refractivity contribution is -0.312. The molecule has 2 aromatic rings. The highest BCUT2D eigenvalue weighted by molar-refractivity contribution is 5.14. The minimum absolute atomic E-state index is 0.310. The molecule has 1 aliphatic rings. The summed E-state index contributed by atoms with van der Waals surface area (Å²) in [6, 6.07) is 19.9.